The third kappa shape index (κ3) is 4.59. The van der Waals surface area contributed by atoms with Crippen LogP contribution in [-0.4, -0.2) is 41.3 Å². The van der Waals surface area contributed by atoms with E-state index in [0.717, 1.165) is 34.3 Å². The second-order valence-corrected chi connectivity index (χ2v) is 7.82. The van der Waals surface area contributed by atoms with Crippen molar-refractivity contribution in [3.05, 3.63) is 58.9 Å². The number of carbonyl (C=O) groups is 1. The smallest absolute Gasteiger partial charge is 0.321 e. The number of likely N-dealkylation sites (tertiary alicyclic amines) is 1. The topological polar surface area (TPSA) is 80.5 Å². The highest BCUT2D eigenvalue weighted by Gasteiger charge is 2.28. The minimum Gasteiger partial charge on any atom is -0.497 e. The number of hydrogen-bond acceptors (Lipinski definition) is 5. The van der Waals surface area contributed by atoms with E-state index in [1.165, 1.54) is 0 Å². The van der Waals surface area contributed by atoms with Gasteiger partial charge in [0.1, 0.15) is 5.75 Å². The molecule has 1 atom stereocenters. The molecule has 1 fully saturated rings. The number of anilines is 1. The summed E-state index contributed by atoms with van der Waals surface area (Å²) >= 11 is 3.42. The molecule has 1 unspecified atom stereocenters. The van der Waals surface area contributed by atoms with Gasteiger partial charge in [-0.3, -0.25) is 0 Å². The molecule has 150 valence electrons. The number of nitrogens with zero attached hydrogens (tertiary/aromatic N) is 3. The van der Waals surface area contributed by atoms with Crippen molar-refractivity contribution in [3.63, 3.8) is 0 Å². The van der Waals surface area contributed by atoms with Crippen molar-refractivity contribution >= 4 is 27.6 Å². The molecule has 0 aliphatic carbocycles. The fraction of sp³-hybridized carbons (Fsp3) is 0.286. The Bertz CT molecular complexity index is 972. The summed E-state index contributed by atoms with van der Waals surface area (Å²) in [6.07, 6.45) is 1.80. The molecule has 2 heterocycles. The number of rotatable bonds is 4. The van der Waals surface area contributed by atoms with E-state index < -0.39 is 0 Å². The number of halogens is 1. The minimum atomic E-state index is -0.132. The summed E-state index contributed by atoms with van der Waals surface area (Å²) in [5.41, 5.74) is 1.63. The Morgan fingerprint density at radius 3 is 2.69 bits per heavy atom. The molecule has 0 saturated carbocycles. The highest BCUT2D eigenvalue weighted by atomic mass is 79.9. The van der Waals surface area contributed by atoms with Gasteiger partial charge in [0.2, 0.25) is 11.7 Å². The van der Waals surface area contributed by atoms with Gasteiger partial charge in [-0.25, -0.2) is 4.79 Å². The summed E-state index contributed by atoms with van der Waals surface area (Å²) in [5.74, 6) is 1.92. The normalized spacial score (nSPS) is 16.5. The molecular formula is C21H21BrN4O3. The van der Waals surface area contributed by atoms with Crippen molar-refractivity contribution in [1.82, 2.24) is 15.0 Å². The standard InChI is InChI=1S/C21H21BrN4O3/c1-28-18-10-8-17(9-11-18)23-21(27)26-12-2-3-15(13-26)20-24-19(25-29-20)14-4-6-16(22)7-5-14/h4-11,15H,2-3,12-13H2,1H3,(H,23,27). The Labute approximate surface area is 177 Å². The lowest BCUT2D eigenvalue weighted by molar-refractivity contribution is 0.184. The second kappa shape index (κ2) is 8.65. The number of hydrogen-bond donors (Lipinski definition) is 1. The Hall–Kier alpha value is -2.87. The van der Waals surface area contributed by atoms with Gasteiger partial charge in [-0.1, -0.05) is 21.1 Å². The van der Waals surface area contributed by atoms with Crippen LogP contribution < -0.4 is 10.1 Å². The number of aromatic nitrogens is 2. The van der Waals surface area contributed by atoms with E-state index in [9.17, 15) is 4.79 Å². The van der Waals surface area contributed by atoms with Crippen molar-refractivity contribution in [2.45, 2.75) is 18.8 Å². The third-order valence-electron chi connectivity index (χ3n) is 4.94. The number of nitrogens with one attached hydrogen (secondary N) is 1. The molecule has 0 radical (unpaired) electrons. The average Bonchev–Trinajstić information content (AvgIpc) is 3.25. The lowest BCUT2D eigenvalue weighted by Gasteiger charge is -2.31. The molecule has 1 N–H and O–H groups in total. The van der Waals surface area contributed by atoms with Crippen LogP contribution in [0.4, 0.5) is 10.5 Å². The van der Waals surface area contributed by atoms with Gasteiger partial charge in [0.15, 0.2) is 0 Å². The predicted octanol–water partition coefficient (Wildman–Crippen LogP) is 4.92. The third-order valence-corrected chi connectivity index (χ3v) is 5.47. The van der Waals surface area contributed by atoms with Crippen LogP contribution in [0.1, 0.15) is 24.7 Å². The highest BCUT2D eigenvalue weighted by molar-refractivity contribution is 9.10. The summed E-state index contributed by atoms with van der Waals surface area (Å²) in [6.45, 7) is 1.25. The maximum atomic E-state index is 12.7. The van der Waals surface area contributed by atoms with Crippen molar-refractivity contribution in [2.75, 3.05) is 25.5 Å². The molecule has 0 spiro atoms. The zero-order valence-electron chi connectivity index (χ0n) is 16.0. The van der Waals surface area contributed by atoms with Crippen LogP contribution in [0.2, 0.25) is 0 Å². The van der Waals surface area contributed by atoms with E-state index in [1.54, 1.807) is 12.0 Å². The molecule has 1 aliphatic rings. The molecule has 1 aromatic heterocycles. The summed E-state index contributed by atoms with van der Waals surface area (Å²) in [5, 5.41) is 7.04. The van der Waals surface area contributed by atoms with E-state index >= 15 is 0 Å². The van der Waals surface area contributed by atoms with Crippen molar-refractivity contribution in [1.29, 1.82) is 0 Å². The van der Waals surface area contributed by atoms with Crippen LogP contribution in [0, 0.1) is 0 Å². The average molecular weight is 457 g/mol. The molecular weight excluding hydrogens is 436 g/mol. The first-order valence-corrected chi connectivity index (χ1v) is 10.2. The Balaban J connectivity index is 1.41. The van der Waals surface area contributed by atoms with Crippen LogP contribution in [0.5, 0.6) is 5.75 Å². The number of carbonyl (C=O) groups excluding carboxylic acids is 1. The molecule has 3 aromatic rings. The van der Waals surface area contributed by atoms with E-state index in [2.05, 4.69) is 31.4 Å². The molecule has 2 aromatic carbocycles. The van der Waals surface area contributed by atoms with Gasteiger partial charge < -0.3 is 19.5 Å². The zero-order chi connectivity index (χ0) is 20.2. The maximum absolute atomic E-state index is 12.7. The minimum absolute atomic E-state index is 0.0297. The van der Waals surface area contributed by atoms with Crippen LogP contribution in [0.25, 0.3) is 11.4 Å². The Morgan fingerprint density at radius 2 is 1.97 bits per heavy atom. The monoisotopic (exact) mass is 456 g/mol. The zero-order valence-corrected chi connectivity index (χ0v) is 17.6. The number of urea groups is 1. The first-order chi connectivity index (χ1) is 14.1. The van der Waals surface area contributed by atoms with Crippen LogP contribution in [0.3, 0.4) is 0 Å². The first-order valence-electron chi connectivity index (χ1n) is 9.42. The summed E-state index contributed by atoms with van der Waals surface area (Å²) in [4.78, 5) is 19.0. The van der Waals surface area contributed by atoms with E-state index in [4.69, 9.17) is 9.26 Å². The number of benzene rings is 2. The molecule has 7 nitrogen and oxygen atoms in total. The fourth-order valence-electron chi connectivity index (χ4n) is 3.36. The lowest BCUT2D eigenvalue weighted by atomic mass is 9.98. The largest absolute Gasteiger partial charge is 0.497 e. The van der Waals surface area contributed by atoms with Crippen molar-refractivity contribution < 1.29 is 14.1 Å². The number of methoxy groups -OCH3 is 1. The SMILES string of the molecule is COc1ccc(NC(=O)N2CCCC(c3nc(-c4ccc(Br)cc4)no3)C2)cc1. The van der Waals surface area contributed by atoms with Gasteiger partial charge in [0, 0.05) is 28.8 Å². The predicted molar refractivity (Wildman–Crippen MR) is 113 cm³/mol. The van der Waals surface area contributed by atoms with Gasteiger partial charge >= 0.3 is 6.03 Å². The molecule has 29 heavy (non-hydrogen) atoms. The van der Waals surface area contributed by atoms with Crippen molar-refractivity contribution in [2.24, 2.45) is 0 Å². The summed E-state index contributed by atoms with van der Waals surface area (Å²) < 4.78 is 11.7. The molecule has 2 amide bonds. The number of ether oxygens (including phenoxy) is 1. The molecule has 1 saturated heterocycles. The first kappa shape index (κ1) is 19.4. The summed E-state index contributed by atoms with van der Waals surface area (Å²) in [6, 6.07) is 14.9. The lowest BCUT2D eigenvalue weighted by Crippen LogP contribution is -2.41. The maximum Gasteiger partial charge on any atom is 0.321 e. The van der Waals surface area contributed by atoms with E-state index in [1.807, 2.05) is 48.5 Å². The molecule has 4 rings (SSSR count). The van der Waals surface area contributed by atoms with Gasteiger partial charge in [-0.2, -0.15) is 4.98 Å². The number of amides is 2. The van der Waals surface area contributed by atoms with Gasteiger partial charge in [0.25, 0.3) is 0 Å². The van der Waals surface area contributed by atoms with Crippen LogP contribution in [0.15, 0.2) is 57.5 Å². The van der Waals surface area contributed by atoms with Crippen LogP contribution in [-0.2, 0) is 0 Å². The molecule has 1 aliphatic heterocycles. The fourth-order valence-corrected chi connectivity index (χ4v) is 3.62. The number of piperidine rings is 1. The summed E-state index contributed by atoms with van der Waals surface area (Å²) in [7, 11) is 1.61. The van der Waals surface area contributed by atoms with Crippen LogP contribution >= 0.6 is 15.9 Å². The van der Waals surface area contributed by atoms with Gasteiger partial charge in [-0.05, 0) is 61.4 Å². The molecule has 0 bridgehead atoms. The second-order valence-electron chi connectivity index (χ2n) is 6.91. The molecule has 8 heteroatoms. The van der Waals surface area contributed by atoms with Gasteiger partial charge in [0.05, 0.1) is 13.0 Å². The van der Waals surface area contributed by atoms with E-state index in [-0.39, 0.29) is 11.9 Å². The van der Waals surface area contributed by atoms with E-state index in [0.29, 0.717) is 24.8 Å². The highest BCUT2D eigenvalue weighted by Crippen LogP contribution is 2.28. The quantitative estimate of drug-likeness (QED) is 0.602. The van der Waals surface area contributed by atoms with Crippen molar-refractivity contribution in [3.8, 4) is 17.1 Å². The Morgan fingerprint density at radius 1 is 1.21 bits per heavy atom. The van der Waals surface area contributed by atoms with Gasteiger partial charge in [-0.15, -0.1) is 0 Å². The Kier molecular flexibility index (Phi) is 5.80.